The Kier molecular flexibility index (Phi) is 4.62. The van der Waals surface area contributed by atoms with Gasteiger partial charge in [0, 0.05) is 24.3 Å². The highest BCUT2D eigenvalue weighted by Crippen LogP contribution is 2.28. The Labute approximate surface area is 148 Å². The van der Waals surface area contributed by atoms with Crippen molar-refractivity contribution in [2.75, 3.05) is 16.8 Å². The smallest absolute Gasteiger partial charge is 0.229 e. The van der Waals surface area contributed by atoms with Gasteiger partial charge < -0.3 is 10.2 Å². The van der Waals surface area contributed by atoms with Crippen molar-refractivity contribution in [3.05, 3.63) is 58.7 Å². The fourth-order valence-electron chi connectivity index (χ4n) is 3.13. The molecule has 1 heterocycles. The van der Waals surface area contributed by atoms with Gasteiger partial charge in [0.2, 0.25) is 11.8 Å². The van der Waals surface area contributed by atoms with Crippen LogP contribution in [0.1, 0.15) is 28.7 Å². The van der Waals surface area contributed by atoms with Crippen LogP contribution >= 0.6 is 0 Å². The number of carbonyl (C=O) groups is 2. The summed E-state index contributed by atoms with van der Waals surface area (Å²) in [7, 11) is 0. The maximum atomic E-state index is 12.6. The molecule has 0 bridgehead atoms. The number of rotatable bonds is 3. The molecule has 1 atom stereocenters. The van der Waals surface area contributed by atoms with Crippen LogP contribution in [0.2, 0.25) is 0 Å². The molecular weight excluding hydrogens is 312 g/mol. The van der Waals surface area contributed by atoms with E-state index in [0.717, 1.165) is 28.1 Å². The molecule has 0 aliphatic carbocycles. The van der Waals surface area contributed by atoms with Gasteiger partial charge in [-0.1, -0.05) is 18.2 Å². The average Bonchev–Trinajstić information content (AvgIpc) is 2.95. The van der Waals surface area contributed by atoms with Gasteiger partial charge in [-0.15, -0.1) is 0 Å². The predicted molar refractivity (Wildman–Crippen MR) is 101 cm³/mol. The summed E-state index contributed by atoms with van der Waals surface area (Å²) in [5.41, 5.74) is 6.15. The first-order chi connectivity index (χ1) is 11.8. The summed E-state index contributed by atoms with van der Waals surface area (Å²) < 4.78 is 0. The van der Waals surface area contributed by atoms with E-state index in [1.165, 1.54) is 5.56 Å². The molecule has 1 fully saturated rings. The van der Waals surface area contributed by atoms with Crippen LogP contribution in [-0.4, -0.2) is 18.4 Å². The second kappa shape index (κ2) is 6.71. The van der Waals surface area contributed by atoms with E-state index in [9.17, 15) is 9.59 Å². The van der Waals surface area contributed by atoms with Crippen molar-refractivity contribution in [3.63, 3.8) is 0 Å². The second-order valence-corrected chi connectivity index (χ2v) is 6.98. The van der Waals surface area contributed by atoms with E-state index in [2.05, 4.69) is 5.32 Å². The van der Waals surface area contributed by atoms with Crippen LogP contribution in [0.5, 0.6) is 0 Å². The number of nitrogens with zero attached hydrogens (tertiary/aromatic N) is 1. The van der Waals surface area contributed by atoms with E-state index in [0.29, 0.717) is 6.54 Å². The summed E-state index contributed by atoms with van der Waals surface area (Å²) in [5.74, 6) is -0.410. The third-order valence-electron chi connectivity index (χ3n) is 4.95. The lowest BCUT2D eigenvalue weighted by molar-refractivity contribution is -0.122. The van der Waals surface area contributed by atoms with E-state index in [1.807, 2.05) is 64.1 Å². The normalized spacial score (nSPS) is 17.0. The Morgan fingerprint density at radius 3 is 2.44 bits per heavy atom. The van der Waals surface area contributed by atoms with Gasteiger partial charge in [-0.25, -0.2) is 0 Å². The Bertz CT molecular complexity index is 842. The van der Waals surface area contributed by atoms with E-state index >= 15 is 0 Å². The molecule has 0 aromatic heterocycles. The number of hydrogen-bond acceptors (Lipinski definition) is 2. The number of hydrogen-bond donors (Lipinski definition) is 1. The largest absolute Gasteiger partial charge is 0.326 e. The quantitative estimate of drug-likeness (QED) is 0.924. The van der Waals surface area contributed by atoms with Crippen LogP contribution in [0.25, 0.3) is 0 Å². The molecule has 1 N–H and O–H groups in total. The molecule has 4 heteroatoms. The van der Waals surface area contributed by atoms with Crippen LogP contribution in [0.15, 0.2) is 36.4 Å². The van der Waals surface area contributed by atoms with E-state index < -0.39 is 0 Å². The van der Waals surface area contributed by atoms with Gasteiger partial charge in [0.1, 0.15) is 0 Å². The summed E-state index contributed by atoms with van der Waals surface area (Å²) in [6.07, 6.45) is 0.254. The van der Waals surface area contributed by atoms with Crippen molar-refractivity contribution < 1.29 is 9.59 Å². The van der Waals surface area contributed by atoms with Crippen molar-refractivity contribution in [1.29, 1.82) is 0 Å². The minimum Gasteiger partial charge on any atom is -0.326 e. The SMILES string of the molecule is Cc1ccc(C)c(NC(=O)[C@@H]2CC(=O)N(c3ccc(C)c(C)c3)C2)c1. The highest BCUT2D eigenvalue weighted by molar-refractivity contribution is 6.03. The first kappa shape index (κ1) is 17.2. The standard InChI is InChI=1S/C21H24N2O2/c1-13-5-6-15(3)19(9-13)22-21(25)17-11-20(24)23(12-17)18-8-7-14(2)16(4)10-18/h5-10,17H,11-12H2,1-4H3,(H,22,25)/t17-/m1/s1. The van der Waals surface area contributed by atoms with Crippen molar-refractivity contribution in [1.82, 2.24) is 0 Å². The van der Waals surface area contributed by atoms with Gasteiger partial charge in [0.15, 0.2) is 0 Å². The topological polar surface area (TPSA) is 49.4 Å². The minimum atomic E-state index is -0.325. The minimum absolute atomic E-state index is 0.00404. The molecular formula is C21H24N2O2. The van der Waals surface area contributed by atoms with Crippen LogP contribution in [0, 0.1) is 33.6 Å². The molecule has 1 aliphatic heterocycles. The third-order valence-corrected chi connectivity index (χ3v) is 4.95. The lowest BCUT2D eigenvalue weighted by Crippen LogP contribution is -2.28. The fraction of sp³-hybridized carbons (Fsp3) is 0.333. The van der Waals surface area contributed by atoms with Crippen LogP contribution < -0.4 is 10.2 Å². The molecule has 1 aliphatic rings. The van der Waals surface area contributed by atoms with Gasteiger partial charge in [0.05, 0.1) is 5.92 Å². The van der Waals surface area contributed by atoms with E-state index in [-0.39, 0.29) is 24.2 Å². The molecule has 25 heavy (non-hydrogen) atoms. The summed E-state index contributed by atoms with van der Waals surface area (Å²) >= 11 is 0. The molecule has 0 radical (unpaired) electrons. The number of benzene rings is 2. The number of amides is 2. The molecule has 3 rings (SSSR count). The molecule has 4 nitrogen and oxygen atoms in total. The zero-order valence-electron chi connectivity index (χ0n) is 15.2. The Morgan fingerprint density at radius 1 is 1.00 bits per heavy atom. The summed E-state index contributed by atoms with van der Waals surface area (Å²) in [5, 5.41) is 2.99. The monoisotopic (exact) mass is 336 g/mol. The number of aryl methyl sites for hydroxylation is 4. The van der Waals surface area contributed by atoms with Crippen LogP contribution in [0.3, 0.4) is 0 Å². The second-order valence-electron chi connectivity index (χ2n) is 6.98. The lowest BCUT2D eigenvalue weighted by atomic mass is 10.1. The van der Waals surface area contributed by atoms with E-state index in [4.69, 9.17) is 0 Å². The maximum absolute atomic E-state index is 12.6. The lowest BCUT2D eigenvalue weighted by Gasteiger charge is -2.18. The molecule has 130 valence electrons. The predicted octanol–water partition coefficient (Wildman–Crippen LogP) is 3.91. The number of nitrogens with one attached hydrogen (secondary N) is 1. The molecule has 0 saturated carbocycles. The zero-order chi connectivity index (χ0) is 18.1. The maximum Gasteiger partial charge on any atom is 0.229 e. The molecule has 0 unspecified atom stereocenters. The van der Waals surface area contributed by atoms with E-state index in [1.54, 1.807) is 4.90 Å². The van der Waals surface area contributed by atoms with Crippen molar-refractivity contribution >= 4 is 23.2 Å². The van der Waals surface area contributed by atoms with Crippen LogP contribution in [0.4, 0.5) is 11.4 Å². The van der Waals surface area contributed by atoms with Crippen molar-refractivity contribution in [2.45, 2.75) is 34.1 Å². The van der Waals surface area contributed by atoms with Crippen molar-refractivity contribution in [2.24, 2.45) is 5.92 Å². The van der Waals surface area contributed by atoms with Gasteiger partial charge in [-0.2, -0.15) is 0 Å². The molecule has 2 aromatic carbocycles. The molecule has 0 spiro atoms. The van der Waals surface area contributed by atoms with Gasteiger partial charge in [-0.05, 0) is 68.1 Å². The van der Waals surface area contributed by atoms with Gasteiger partial charge in [-0.3, -0.25) is 9.59 Å². The Balaban J connectivity index is 1.74. The molecule has 2 amide bonds. The zero-order valence-corrected chi connectivity index (χ0v) is 15.2. The first-order valence-corrected chi connectivity index (χ1v) is 8.61. The summed E-state index contributed by atoms with van der Waals surface area (Å²) in [6.45, 7) is 8.47. The average molecular weight is 336 g/mol. The number of anilines is 2. The highest BCUT2D eigenvalue weighted by atomic mass is 16.2. The summed E-state index contributed by atoms with van der Waals surface area (Å²) in [6, 6.07) is 12.0. The van der Waals surface area contributed by atoms with Crippen molar-refractivity contribution in [3.8, 4) is 0 Å². The van der Waals surface area contributed by atoms with Crippen LogP contribution in [-0.2, 0) is 9.59 Å². The third kappa shape index (κ3) is 3.58. The Morgan fingerprint density at radius 2 is 1.72 bits per heavy atom. The fourth-order valence-corrected chi connectivity index (χ4v) is 3.13. The Hall–Kier alpha value is -2.62. The molecule has 1 saturated heterocycles. The first-order valence-electron chi connectivity index (χ1n) is 8.61. The number of carbonyl (C=O) groups excluding carboxylic acids is 2. The highest BCUT2D eigenvalue weighted by Gasteiger charge is 2.35. The molecule has 2 aromatic rings. The van der Waals surface area contributed by atoms with Gasteiger partial charge >= 0.3 is 0 Å². The van der Waals surface area contributed by atoms with Gasteiger partial charge in [0.25, 0.3) is 0 Å². The summed E-state index contributed by atoms with van der Waals surface area (Å²) in [4.78, 5) is 26.8.